The second kappa shape index (κ2) is 8.36. The van der Waals surface area contributed by atoms with Crippen molar-refractivity contribution in [3.8, 4) is 0 Å². The maximum absolute atomic E-state index is 4.68. The van der Waals surface area contributed by atoms with Gasteiger partial charge in [-0.1, -0.05) is 73.7 Å². The largest absolute Gasteiger partial charge is 0.295 e. The highest BCUT2D eigenvalue weighted by Crippen LogP contribution is 2.20. The fraction of sp³-hybridized carbons (Fsp3) is 0.292. The first-order valence-corrected chi connectivity index (χ1v) is 9.88. The summed E-state index contributed by atoms with van der Waals surface area (Å²) >= 11 is 0. The molecule has 1 fully saturated rings. The Kier molecular flexibility index (Phi) is 5.50. The summed E-state index contributed by atoms with van der Waals surface area (Å²) in [7, 11) is 0. The summed E-state index contributed by atoms with van der Waals surface area (Å²) in [6.07, 6.45) is 3.07. The van der Waals surface area contributed by atoms with Gasteiger partial charge in [0, 0.05) is 32.7 Å². The molecule has 0 unspecified atom stereocenters. The van der Waals surface area contributed by atoms with Crippen molar-refractivity contribution in [3.63, 3.8) is 0 Å². The predicted molar refractivity (Wildman–Crippen MR) is 114 cm³/mol. The number of hydrazone groups is 1. The average Bonchev–Trinajstić information content (AvgIpc) is 2.74. The van der Waals surface area contributed by atoms with Crippen molar-refractivity contribution in [2.75, 3.05) is 26.2 Å². The molecule has 0 aliphatic carbocycles. The van der Waals surface area contributed by atoms with Gasteiger partial charge in [-0.3, -0.25) is 9.91 Å². The molecule has 3 heteroatoms. The Hall–Kier alpha value is -2.65. The van der Waals surface area contributed by atoms with E-state index in [-0.39, 0.29) is 0 Å². The zero-order valence-corrected chi connectivity index (χ0v) is 16.0. The number of hydrogen-bond donors (Lipinski definition) is 0. The summed E-state index contributed by atoms with van der Waals surface area (Å²) in [6.45, 7) is 7.26. The van der Waals surface area contributed by atoms with E-state index >= 15 is 0 Å². The zero-order valence-electron chi connectivity index (χ0n) is 16.0. The zero-order chi connectivity index (χ0) is 18.5. The molecule has 3 nitrogen and oxygen atoms in total. The van der Waals surface area contributed by atoms with Crippen LogP contribution in [0, 0.1) is 0 Å². The van der Waals surface area contributed by atoms with E-state index in [9.17, 15) is 0 Å². The molecule has 138 valence electrons. The quantitative estimate of drug-likeness (QED) is 0.624. The van der Waals surface area contributed by atoms with E-state index < -0.39 is 0 Å². The molecule has 0 radical (unpaired) electrons. The predicted octanol–water partition coefficient (Wildman–Crippen LogP) is 4.55. The van der Waals surface area contributed by atoms with Gasteiger partial charge in [-0.15, -0.1) is 0 Å². The summed E-state index contributed by atoms with van der Waals surface area (Å²) in [4.78, 5) is 2.53. The Morgan fingerprint density at radius 1 is 0.852 bits per heavy atom. The van der Waals surface area contributed by atoms with Gasteiger partial charge in [0.1, 0.15) is 0 Å². The Labute approximate surface area is 161 Å². The maximum atomic E-state index is 4.68. The number of rotatable bonds is 5. The number of nitrogens with zero attached hydrogens (tertiary/aromatic N) is 3. The minimum atomic E-state index is 0.980. The number of benzene rings is 3. The minimum Gasteiger partial charge on any atom is -0.295 e. The fourth-order valence-corrected chi connectivity index (χ4v) is 3.67. The molecule has 0 atom stereocenters. The lowest BCUT2D eigenvalue weighted by Crippen LogP contribution is -2.43. The van der Waals surface area contributed by atoms with Crippen LogP contribution >= 0.6 is 0 Å². The molecule has 1 saturated heterocycles. The van der Waals surface area contributed by atoms with Crippen LogP contribution in [0.25, 0.3) is 10.8 Å². The molecule has 0 saturated carbocycles. The van der Waals surface area contributed by atoms with Crippen LogP contribution in [0.5, 0.6) is 0 Å². The molecule has 0 aromatic heterocycles. The first-order valence-electron chi connectivity index (χ1n) is 9.88. The molecule has 3 aromatic rings. The van der Waals surface area contributed by atoms with Crippen molar-refractivity contribution in [3.05, 3.63) is 83.4 Å². The molecule has 27 heavy (non-hydrogen) atoms. The second-order valence-corrected chi connectivity index (χ2v) is 7.21. The van der Waals surface area contributed by atoms with Crippen molar-refractivity contribution in [1.29, 1.82) is 0 Å². The summed E-state index contributed by atoms with van der Waals surface area (Å²) in [6, 6.07) is 24.0. The van der Waals surface area contributed by atoms with Crippen LogP contribution in [-0.2, 0) is 13.0 Å². The smallest absolute Gasteiger partial charge is 0.0542 e. The molecule has 1 aliphatic heterocycles. The molecule has 0 amide bonds. The lowest BCUT2D eigenvalue weighted by Gasteiger charge is -2.33. The first-order chi connectivity index (χ1) is 13.3. The van der Waals surface area contributed by atoms with Gasteiger partial charge in [0.2, 0.25) is 0 Å². The van der Waals surface area contributed by atoms with Crippen LogP contribution in [0.1, 0.15) is 23.6 Å². The van der Waals surface area contributed by atoms with Gasteiger partial charge in [-0.05, 0) is 33.9 Å². The minimum absolute atomic E-state index is 0.980. The third-order valence-electron chi connectivity index (χ3n) is 5.38. The van der Waals surface area contributed by atoms with E-state index in [0.717, 1.165) is 39.1 Å². The van der Waals surface area contributed by atoms with Gasteiger partial charge >= 0.3 is 0 Å². The summed E-state index contributed by atoms with van der Waals surface area (Å²) in [5.41, 5.74) is 3.96. The first kappa shape index (κ1) is 17.7. The van der Waals surface area contributed by atoms with Gasteiger partial charge in [0.25, 0.3) is 0 Å². The van der Waals surface area contributed by atoms with Crippen LogP contribution in [0.2, 0.25) is 0 Å². The van der Waals surface area contributed by atoms with E-state index in [1.54, 1.807) is 0 Å². The van der Waals surface area contributed by atoms with E-state index in [1.165, 1.54) is 27.5 Å². The maximum Gasteiger partial charge on any atom is 0.0542 e. The number of piperazine rings is 1. The van der Waals surface area contributed by atoms with Crippen molar-refractivity contribution in [1.82, 2.24) is 9.91 Å². The SMILES string of the molecule is CCc1ccc(C=NN2CCN(Cc3cccc4ccccc34)CC2)cc1. The highest BCUT2D eigenvalue weighted by Gasteiger charge is 2.16. The molecule has 1 aliphatic rings. The van der Waals surface area contributed by atoms with Crippen molar-refractivity contribution in [2.24, 2.45) is 5.10 Å². The molecule has 0 N–H and O–H groups in total. The van der Waals surface area contributed by atoms with Crippen LogP contribution in [-0.4, -0.2) is 42.3 Å². The molecule has 1 heterocycles. The van der Waals surface area contributed by atoms with E-state index in [0.29, 0.717) is 0 Å². The third-order valence-corrected chi connectivity index (χ3v) is 5.38. The molecular weight excluding hydrogens is 330 g/mol. The van der Waals surface area contributed by atoms with E-state index in [4.69, 9.17) is 0 Å². The third kappa shape index (κ3) is 4.37. The molecule has 0 spiro atoms. The normalized spacial score (nSPS) is 15.7. The fourth-order valence-electron chi connectivity index (χ4n) is 3.67. The lowest BCUT2D eigenvalue weighted by atomic mass is 10.0. The number of hydrogen-bond acceptors (Lipinski definition) is 3. The van der Waals surface area contributed by atoms with Crippen LogP contribution in [0.4, 0.5) is 0 Å². The monoisotopic (exact) mass is 357 g/mol. The Morgan fingerprint density at radius 2 is 1.59 bits per heavy atom. The summed E-state index contributed by atoms with van der Waals surface area (Å²) < 4.78 is 0. The van der Waals surface area contributed by atoms with Gasteiger partial charge in [-0.25, -0.2) is 0 Å². The van der Waals surface area contributed by atoms with Crippen molar-refractivity contribution >= 4 is 17.0 Å². The number of aryl methyl sites for hydroxylation is 1. The van der Waals surface area contributed by atoms with Crippen molar-refractivity contribution < 1.29 is 0 Å². The second-order valence-electron chi connectivity index (χ2n) is 7.21. The molecule has 4 rings (SSSR count). The standard InChI is InChI=1S/C24H27N3/c1-2-20-10-12-21(13-11-20)18-25-27-16-14-26(15-17-27)19-23-8-5-7-22-6-3-4-9-24(22)23/h3-13,18H,2,14-17,19H2,1H3. The van der Waals surface area contributed by atoms with Gasteiger partial charge in [-0.2, -0.15) is 5.10 Å². The molecular formula is C24H27N3. The highest BCUT2D eigenvalue weighted by atomic mass is 15.5. The highest BCUT2D eigenvalue weighted by molar-refractivity contribution is 5.85. The molecule has 3 aromatic carbocycles. The summed E-state index contributed by atoms with van der Waals surface area (Å²) in [5, 5.41) is 9.57. The van der Waals surface area contributed by atoms with Crippen molar-refractivity contribution in [2.45, 2.75) is 19.9 Å². The topological polar surface area (TPSA) is 18.8 Å². The van der Waals surface area contributed by atoms with Gasteiger partial charge in [0.15, 0.2) is 0 Å². The average molecular weight is 358 g/mol. The van der Waals surface area contributed by atoms with Gasteiger partial charge in [0.05, 0.1) is 6.21 Å². The van der Waals surface area contributed by atoms with Crippen LogP contribution in [0.3, 0.4) is 0 Å². The van der Waals surface area contributed by atoms with E-state index in [2.05, 4.69) is 88.7 Å². The van der Waals surface area contributed by atoms with Gasteiger partial charge < -0.3 is 0 Å². The Morgan fingerprint density at radius 3 is 2.37 bits per heavy atom. The van der Waals surface area contributed by atoms with Crippen LogP contribution in [0.15, 0.2) is 71.8 Å². The van der Waals surface area contributed by atoms with Crippen LogP contribution < -0.4 is 0 Å². The Bertz CT molecular complexity index is 901. The Balaban J connectivity index is 1.34. The lowest BCUT2D eigenvalue weighted by molar-refractivity contribution is 0.131. The summed E-state index contributed by atoms with van der Waals surface area (Å²) in [5.74, 6) is 0. The molecule has 0 bridgehead atoms. The van der Waals surface area contributed by atoms with E-state index in [1.807, 2.05) is 6.21 Å². The number of fused-ring (bicyclic) bond motifs is 1.